The Hall–Kier alpha value is -1.79. The van der Waals surface area contributed by atoms with E-state index in [0.717, 1.165) is 12.8 Å². The third-order valence-electron chi connectivity index (χ3n) is 3.31. The van der Waals surface area contributed by atoms with E-state index in [0.29, 0.717) is 19.4 Å². The third-order valence-corrected chi connectivity index (χ3v) is 3.31. The van der Waals surface area contributed by atoms with Crippen LogP contribution in [0, 0.1) is 5.92 Å². The first kappa shape index (κ1) is 15.3. The van der Waals surface area contributed by atoms with Crippen LogP contribution in [0.15, 0.2) is 0 Å². The van der Waals surface area contributed by atoms with Crippen molar-refractivity contribution in [2.24, 2.45) is 11.7 Å². The average molecular weight is 271 g/mol. The molecule has 0 aromatic carbocycles. The van der Waals surface area contributed by atoms with E-state index >= 15 is 0 Å². The van der Waals surface area contributed by atoms with Crippen LogP contribution in [0.5, 0.6) is 0 Å². The maximum Gasteiger partial charge on any atom is 0.312 e. The highest BCUT2D eigenvalue weighted by atomic mass is 16.4. The van der Waals surface area contributed by atoms with Gasteiger partial charge in [0.15, 0.2) is 0 Å². The summed E-state index contributed by atoms with van der Waals surface area (Å²) in [5.74, 6) is -1.64. The SMILES string of the molecule is CCCC[C@@H](NC(N)=O)C(=O)N1CC[C@@H](C(=O)O)C1. The van der Waals surface area contributed by atoms with Gasteiger partial charge < -0.3 is 21.1 Å². The zero-order chi connectivity index (χ0) is 14.4. The molecule has 0 spiro atoms. The molecule has 19 heavy (non-hydrogen) atoms. The van der Waals surface area contributed by atoms with Crippen LogP contribution in [-0.2, 0) is 9.59 Å². The van der Waals surface area contributed by atoms with Gasteiger partial charge in [-0.1, -0.05) is 19.8 Å². The minimum Gasteiger partial charge on any atom is -0.481 e. The summed E-state index contributed by atoms with van der Waals surface area (Å²) in [7, 11) is 0. The van der Waals surface area contributed by atoms with E-state index in [2.05, 4.69) is 5.32 Å². The lowest BCUT2D eigenvalue weighted by molar-refractivity contribution is -0.141. The highest BCUT2D eigenvalue weighted by molar-refractivity contribution is 5.87. The number of primary amides is 1. The first-order valence-corrected chi connectivity index (χ1v) is 6.53. The summed E-state index contributed by atoms with van der Waals surface area (Å²) >= 11 is 0. The van der Waals surface area contributed by atoms with Crippen molar-refractivity contribution < 1.29 is 19.5 Å². The monoisotopic (exact) mass is 271 g/mol. The molecule has 1 heterocycles. The van der Waals surface area contributed by atoms with Crippen LogP contribution in [0.1, 0.15) is 32.6 Å². The molecule has 2 atom stereocenters. The maximum absolute atomic E-state index is 12.2. The van der Waals surface area contributed by atoms with Crippen LogP contribution in [0.2, 0.25) is 0 Å². The van der Waals surface area contributed by atoms with Gasteiger partial charge in [0.2, 0.25) is 5.91 Å². The average Bonchev–Trinajstić information content (AvgIpc) is 2.82. The van der Waals surface area contributed by atoms with Crippen molar-refractivity contribution in [1.29, 1.82) is 0 Å². The Labute approximate surface area is 112 Å². The normalized spacial score (nSPS) is 20.1. The lowest BCUT2D eigenvalue weighted by Gasteiger charge is -2.23. The van der Waals surface area contributed by atoms with Crippen molar-refractivity contribution in [3.05, 3.63) is 0 Å². The number of carbonyl (C=O) groups is 3. The Morgan fingerprint density at radius 1 is 1.47 bits per heavy atom. The first-order valence-electron chi connectivity index (χ1n) is 6.53. The highest BCUT2D eigenvalue weighted by Gasteiger charge is 2.34. The number of nitrogens with one attached hydrogen (secondary N) is 1. The number of hydrogen-bond donors (Lipinski definition) is 3. The molecule has 0 radical (unpaired) electrons. The third kappa shape index (κ3) is 4.42. The van der Waals surface area contributed by atoms with E-state index < -0.39 is 24.0 Å². The van der Waals surface area contributed by atoms with Crippen LogP contribution >= 0.6 is 0 Å². The molecule has 0 aromatic rings. The fourth-order valence-electron chi connectivity index (χ4n) is 2.22. The number of urea groups is 1. The van der Waals surface area contributed by atoms with E-state index in [1.54, 1.807) is 0 Å². The Balaban J connectivity index is 2.60. The Morgan fingerprint density at radius 2 is 2.16 bits per heavy atom. The van der Waals surface area contributed by atoms with E-state index in [9.17, 15) is 14.4 Å². The number of nitrogens with zero attached hydrogens (tertiary/aromatic N) is 1. The van der Waals surface area contributed by atoms with Crippen molar-refractivity contribution in [2.45, 2.75) is 38.6 Å². The number of carboxylic acids is 1. The predicted molar refractivity (Wildman–Crippen MR) is 68.4 cm³/mol. The quantitative estimate of drug-likeness (QED) is 0.638. The molecule has 0 aromatic heterocycles. The van der Waals surface area contributed by atoms with Gasteiger partial charge >= 0.3 is 12.0 Å². The molecule has 0 bridgehead atoms. The second kappa shape index (κ2) is 6.96. The van der Waals surface area contributed by atoms with Gasteiger partial charge in [-0.2, -0.15) is 0 Å². The molecule has 1 aliphatic rings. The number of carboxylic acid groups (broad SMARTS) is 1. The summed E-state index contributed by atoms with van der Waals surface area (Å²) in [6.07, 6.45) is 2.68. The van der Waals surface area contributed by atoms with Gasteiger partial charge in [-0.3, -0.25) is 9.59 Å². The molecule has 1 saturated heterocycles. The van der Waals surface area contributed by atoms with Crippen molar-refractivity contribution >= 4 is 17.9 Å². The van der Waals surface area contributed by atoms with Crippen molar-refractivity contribution in [3.8, 4) is 0 Å². The topological polar surface area (TPSA) is 113 Å². The Bertz CT molecular complexity index is 359. The minimum absolute atomic E-state index is 0.206. The van der Waals surface area contributed by atoms with E-state index in [4.69, 9.17) is 10.8 Å². The second-order valence-electron chi connectivity index (χ2n) is 4.81. The molecular weight excluding hydrogens is 250 g/mol. The predicted octanol–water partition coefficient (Wildman–Crippen LogP) is 0.147. The van der Waals surface area contributed by atoms with E-state index in [1.165, 1.54) is 4.90 Å². The molecule has 1 fully saturated rings. The molecule has 7 nitrogen and oxygen atoms in total. The Morgan fingerprint density at radius 3 is 2.63 bits per heavy atom. The first-order chi connectivity index (χ1) is 8.95. The molecule has 108 valence electrons. The van der Waals surface area contributed by atoms with Gasteiger partial charge in [0, 0.05) is 13.1 Å². The number of carbonyl (C=O) groups excluding carboxylic acids is 2. The number of nitrogens with two attached hydrogens (primary N) is 1. The van der Waals surface area contributed by atoms with Crippen LogP contribution in [0.3, 0.4) is 0 Å². The van der Waals surface area contributed by atoms with Crippen LogP contribution in [0.4, 0.5) is 4.79 Å². The summed E-state index contributed by atoms with van der Waals surface area (Å²) in [6, 6.07) is -1.38. The molecule has 1 rings (SSSR count). The number of rotatable bonds is 6. The van der Waals surface area contributed by atoms with Gasteiger partial charge in [0.25, 0.3) is 0 Å². The fourth-order valence-corrected chi connectivity index (χ4v) is 2.22. The van der Waals surface area contributed by atoms with Gasteiger partial charge in [-0.15, -0.1) is 0 Å². The van der Waals surface area contributed by atoms with E-state index in [-0.39, 0.29) is 12.5 Å². The number of unbranched alkanes of at least 4 members (excludes halogenated alkanes) is 1. The molecule has 0 saturated carbocycles. The second-order valence-corrected chi connectivity index (χ2v) is 4.81. The lowest BCUT2D eigenvalue weighted by Crippen LogP contribution is -2.49. The van der Waals surface area contributed by atoms with Crippen molar-refractivity contribution in [1.82, 2.24) is 10.2 Å². The Kier molecular flexibility index (Phi) is 5.59. The van der Waals surface area contributed by atoms with Crippen molar-refractivity contribution in [2.75, 3.05) is 13.1 Å². The van der Waals surface area contributed by atoms with Crippen LogP contribution < -0.4 is 11.1 Å². The standard InChI is InChI=1S/C12H21N3O4/c1-2-3-4-9(14-12(13)19)10(16)15-6-5-8(7-15)11(17)18/h8-9H,2-7H2,1H3,(H,17,18)(H3,13,14,19)/t8-,9-/m1/s1. The zero-order valence-electron chi connectivity index (χ0n) is 11.1. The molecule has 3 amide bonds. The van der Waals surface area contributed by atoms with Crippen LogP contribution in [-0.4, -0.2) is 47.0 Å². The largest absolute Gasteiger partial charge is 0.481 e. The number of likely N-dealkylation sites (tertiary alicyclic amines) is 1. The fraction of sp³-hybridized carbons (Fsp3) is 0.750. The number of hydrogen-bond acceptors (Lipinski definition) is 3. The number of aliphatic carboxylic acids is 1. The van der Waals surface area contributed by atoms with Gasteiger partial charge in [0.1, 0.15) is 6.04 Å². The number of amides is 3. The molecule has 1 aliphatic heterocycles. The van der Waals surface area contributed by atoms with Crippen LogP contribution in [0.25, 0.3) is 0 Å². The minimum atomic E-state index is -0.886. The lowest BCUT2D eigenvalue weighted by atomic mass is 10.1. The summed E-state index contributed by atoms with van der Waals surface area (Å²) in [5, 5.41) is 11.3. The molecule has 0 aliphatic carbocycles. The van der Waals surface area contributed by atoms with Gasteiger partial charge in [-0.05, 0) is 12.8 Å². The van der Waals surface area contributed by atoms with E-state index in [1.807, 2.05) is 6.92 Å². The van der Waals surface area contributed by atoms with Gasteiger partial charge in [-0.25, -0.2) is 4.79 Å². The molecule has 7 heteroatoms. The zero-order valence-corrected chi connectivity index (χ0v) is 11.1. The maximum atomic E-state index is 12.2. The summed E-state index contributed by atoms with van der Waals surface area (Å²) in [4.78, 5) is 35.5. The summed E-state index contributed by atoms with van der Waals surface area (Å²) < 4.78 is 0. The molecule has 4 N–H and O–H groups in total. The summed E-state index contributed by atoms with van der Waals surface area (Å²) in [5.41, 5.74) is 5.06. The summed E-state index contributed by atoms with van der Waals surface area (Å²) in [6.45, 7) is 2.61. The van der Waals surface area contributed by atoms with Gasteiger partial charge in [0.05, 0.1) is 5.92 Å². The highest BCUT2D eigenvalue weighted by Crippen LogP contribution is 2.18. The van der Waals surface area contributed by atoms with Crippen molar-refractivity contribution in [3.63, 3.8) is 0 Å². The molecule has 0 unspecified atom stereocenters. The smallest absolute Gasteiger partial charge is 0.312 e. The molecular formula is C12H21N3O4.